The molecule has 3 heterocycles. The van der Waals surface area contributed by atoms with E-state index in [0.717, 1.165) is 33.7 Å². The molecule has 0 spiro atoms. The molecule has 0 N–H and O–H groups in total. The standard InChI is InChI=1S/C33H36N2O2S/c1-3-9-25-20-26(21-29-27-12-7-8-13-28(27)32(36)35(25)29)34(2)33(37)31-19-18-30(38-31)24-16-14-23(15-17-24)22-10-5-4-6-11-22/h3,7-9,12-19,22,25-26,29H,4-6,10-11,20-21H2,1-2H3/b9-3+/t25-,26-,29+/m1/s1. The molecule has 1 saturated heterocycles. The van der Waals surface area contributed by atoms with Crippen molar-refractivity contribution in [3.05, 3.63) is 94.4 Å². The number of thiophene rings is 1. The third-order valence-corrected chi connectivity index (χ3v) is 9.98. The highest BCUT2D eigenvalue weighted by Crippen LogP contribution is 2.44. The Morgan fingerprint density at radius 3 is 2.50 bits per heavy atom. The molecule has 2 aromatic carbocycles. The van der Waals surface area contributed by atoms with Crippen molar-refractivity contribution >= 4 is 23.2 Å². The number of carbonyl (C=O) groups excluding carboxylic acids is 2. The van der Waals surface area contributed by atoms with Crippen molar-refractivity contribution in [1.82, 2.24) is 9.80 Å². The number of rotatable bonds is 5. The lowest BCUT2D eigenvalue weighted by molar-refractivity contribution is 0.0377. The van der Waals surface area contributed by atoms with Gasteiger partial charge in [0.1, 0.15) is 0 Å². The van der Waals surface area contributed by atoms with E-state index < -0.39 is 0 Å². The lowest BCUT2D eigenvalue weighted by atomic mass is 9.84. The molecule has 1 saturated carbocycles. The summed E-state index contributed by atoms with van der Waals surface area (Å²) in [5.74, 6) is 0.876. The van der Waals surface area contributed by atoms with E-state index in [1.165, 1.54) is 43.2 Å². The summed E-state index contributed by atoms with van der Waals surface area (Å²) in [6.07, 6.45) is 12.3. The van der Waals surface area contributed by atoms with Crippen LogP contribution >= 0.6 is 11.3 Å². The number of benzene rings is 2. The minimum atomic E-state index is -0.0134. The number of carbonyl (C=O) groups is 2. The molecular weight excluding hydrogens is 488 g/mol. The van der Waals surface area contributed by atoms with Crippen LogP contribution < -0.4 is 0 Å². The number of hydrogen-bond acceptors (Lipinski definition) is 3. The van der Waals surface area contributed by atoms with Gasteiger partial charge in [-0.3, -0.25) is 9.59 Å². The number of hydrogen-bond donors (Lipinski definition) is 0. The van der Waals surface area contributed by atoms with Crippen molar-refractivity contribution in [3.8, 4) is 10.4 Å². The van der Waals surface area contributed by atoms with Crippen LogP contribution in [0.1, 0.15) is 95.0 Å². The van der Waals surface area contributed by atoms with Gasteiger partial charge < -0.3 is 9.80 Å². The molecule has 1 aliphatic carbocycles. The first-order chi connectivity index (χ1) is 18.5. The second-order valence-corrected chi connectivity index (χ2v) is 12.2. The third-order valence-electron chi connectivity index (χ3n) is 8.86. The number of amides is 2. The van der Waals surface area contributed by atoms with Gasteiger partial charge in [0.15, 0.2) is 0 Å². The first kappa shape index (κ1) is 25.1. The first-order valence-electron chi connectivity index (χ1n) is 14.1. The molecule has 0 bridgehead atoms. The van der Waals surface area contributed by atoms with E-state index in [-0.39, 0.29) is 29.9 Å². The Morgan fingerprint density at radius 1 is 0.974 bits per heavy atom. The Labute approximate surface area is 230 Å². The maximum absolute atomic E-state index is 13.7. The predicted octanol–water partition coefficient (Wildman–Crippen LogP) is 7.84. The van der Waals surface area contributed by atoms with Crippen LogP contribution in [-0.4, -0.2) is 40.7 Å². The van der Waals surface area contributed by atoms with E-state index in [1.807, 2.05) is 54.1 Å². The van der Waals surface area contributed by atoms with Gasteiger partial charge in [0.25, 0.3) is 11.8 Å². The Bertz CT molecular complexity index is 1350. The monoisotopic (exact) mass is 524 g/mol. The highest BCUT2D eigenvalue weighted by molar-refractivity contribution is 7.17. The van der Waals surface area contributed by atoms with Crippen LogP contribution in [0.15, 0.2) is 72.8 Å². The lowest BCUT2D eigenvalue weighted by Gasteiger charge is -2.43. The van der Waals surface area contributed by atoms with Gasteiger partial charge in [-0.05, 0) is 73.4 Å². The molecule has 38 heavy (non-hydrogen) atoms. The predicted molar refractivity (Wildman–Crippen MR) is 155 cm³/mol. The molecule has 4 nitrogen and oxygen atoms in total. The fraction of sp³-hybridized carbons (Fsp3) is 0.394. The van der Waals surface area contributed by atoms with Crippen LogP contribution in [0.25, 0.3) is 10.4 Å². The molecule has 6 rings (SSSR count). The first-order valence-corrected chi connectivity index (χ1v) is 14.9. The maximum atomic E-state index is 13.7. The summed E-state index contributed by atoms with van der Waals surface area (Å²) in [7, 11) is 1.93. The summed E-state index contributed by atoms with van der Waals surface area (Å²) >= 11 is 1.58. The largest absolute Gasteiger partial charge is 0.338 e. The average molecular weight is 525 g/mol. The average Bonchev–Trinajstić information content (AvgIpc) is 3.57. The van der Waals surface area contributed by atoms with E-state index in [0.29, 0.717) is 5.92 Å². The summed E-state index contributed by atoms with van der Waals surface area (Å²) < 4.78 is 0. The van der Waals surface area contributed by atoms with E-state index in [9.17, 15) is 9.59 Å². The van der Waals surface area contributed by atoms with Gasteiger partial charge in [-0.25, -0.2) is 0 Å². The third kappa shape index (κ3) is 4.51. The van der Waals surface area contributed by atoms with Crippen LogP contribution in [0, 0.1) is 0 Å². The topological polar surface area (TPSA) is 40.6 Å². The molecule has 0 radical (unpaired) electrons. The van der Waals surface area contributed by atoms with Gasteiger partial charge in [0.2, 0.25) is 0 Å². The summed E-state index contributed by atoms with van der Waals surface area (Å²) in [4.78, 5) is 32.7. The van der Waals surface area contributed by atoms with Gasteiger partial charge in [0.05, 0.1) is 17.0 Å². The quantitative estimate of drug-likeness (QED) is 0.319. The maximum Gasteiger partial charge on any atom is 0.263 e. The van der Waals surface area contributed by atoms with E-state index >= 15 is 0 Å². The summed E-state index contributed by atoms with van der Waals surface area (Å²) in [6, 6.07) is 21.1. The molecule has 2 amide bonds. The van der Waals surface area contributed by atoms with Gasteiger partial charge in [-0.2, -0.15) is 0 Å². The van der Waals surface area contributed by atoms with Crippen molar-refractivity contribution in [2.24, 2.45) is 0 Å². The van der Waals surface area contributed by atoms with Crippen molar-refractivity contribution in [2.75, 3.05) is 7.05 Å². The van der Waals surface area contributed by atoms with Crippen LogP contribution in [-0.2, 0) is 0 Å². The summed E-state index contributed by atoms with van der Waals surface area (Å²) in [6.45, 7) is 2.00. The number of allylic oxidation sites excluding steroid dienone is 1. The lowest BCUT2D eigenvalue weighted by Crippen LogP contribution is -2.50. The number of nitrogens with zero attached hydrogens (tertiary/aromatic N) is 2. The zero-order chi connectivity index (χ0) is 26.2. The van der Waals surface area contributed by atoms with Gasteiger partial charge in [-0.1, -0.05) is 73.9 Å². The van der Waals surface area contributed by atoms with Crippen molar-refractivity contribution in [1.29, 1.82) is 0 Å². The minimum Gasteiger partial charge on any atom is -0.338 e. The molecule has 2 fully saturated rings. The minimum absolute atomic E-state index is 0.00970. The fourth-order valence-corrected chi connectivity index (χ4v) is 7.79. The van der Waals surface area contributed by atoms with Gasteiger partial charge >= 0.3 is 0 Å². The Morgan fingerprint density at radius 2 is 1.74 bits per heavy atom. The summed E-state index contributed by atoms with van der Waals surface area (Å²) in [5.41, 5.74) is 4.53. The zero-order valence-electron chi connectivity index (χ0n) is 22.3. The fourth-order valence-electron chi connectivity index (χ4n) is 6.79. The van der Waals surface area contributed by atoms with Gasteiger partial charge in [0, 0.05) is 23.5 Å². The highest BCUT2D eigenvalue weighted by Gasteiger charge is 2.46. The molecule has 3 aliphatic rings. The molecule has 3 aromatic rings. The van der Waals surface area contributed by atoms with Crippen molar-refractivity contribution in [2.45, 2.75) is 75.9 Å². The molecule has 2 aliphatic heterocycles. The van der Waals surface area contributed by atoms with Crippen LogP contribution in [0.5, 0.6) is 0 Å². The van der Waals surface area contributed by atoms with Crippen LogP contribution in [0.4, 0.5) is 0 Å². The second-order valence-electron chi connectivity index (χ2n) is 11.1. The Balaban J connectivity index is 1.19. The molecule has 5 heteroatoms. The molecule has 0 unspecified atom stereocenters. The van der Waals surface area contributed by atoms with Crippen molar-refractivity contribution < 1.29 is 9.59 Å². The Kier molecular flexibility index (Phi) is 6.96. The molecular formula is C33H36N2O2S. The Hall–Kier alpha value is -3.18. The van der Waals surface area contributed by atoms with Crippen LogP contribution in [0.3, 0.4) is 0 Å². The van der Waals surface area contributed by atoms with E-state index in [4.69, 9.17) is 0 Å². The van der Waals surface area contributed by atoms with Crippen molar-refractivity contribution in [3.63, 3.8) is 0 Å². The normalized spacial score (nSPS) is 23.5. The molecule has 196 valence electrons. The highest BCUT2D eigenvalue weighted by atomic mass is 32.1. The second kappa shape index (κ2) is 10.5. The van der Waals surface area contributed by atoms with Gasteiger partial charge in [-0.15, -0.1) is 11.3 Å². The van der Waals surface area contributed by atoms with E-state index in [1.54, 1.807) is 11.3 Å². The number of fused-ring (bicyclic) bond motifs is 3. The number of piperidine rings is 1. The summed E-state index contributed by atoms with van der Waals surface area (Å²) in [5, 5.41) is 0. The molecule has 1 aromatic heterocycles. The molecule has 3 atom stereocenters. The van der Waals surface area contributed by atoms with Crippen LogP contribution in [0.2, 0.25) is 0 Å². The zero-order valence-corrected chi connectivity index (χ0v) is 23.1. The smallest absolute Gasteiger partial charge is 0.263 e. The van der Waals surface area contributed by atoms with E-state index in [2.05, 4.69) is 42.5 Å². The SMILES string of the molecule is C/C=C/[C@@H]1C[C@@H](N(C)C(=O)c2ccc(-c3ccc(C4CCCCC4)cc3)s2)C[C@H]2c3ccccc3C(=O)N12.